The topological polar surface area (TPSA) is 76.6 Å². The first-order valence-electron chi connectivity index (χ1n) is 7.38. The molecule has 2 N–H and O–H groups in total. The lowest BCUT2D eigenvalue weighted by molar-refractivity contribution is -0.134. The quantitative estimate of drug-likeness (QED) is 0.846. The highest BCUT2D eigenvalue weighted by Gasteiger charge is 2.20. The fourth-order valence-electron chi connectivity index (χ4n) is 2.35. The van der Waals surface area contributed by atoms with Crippen LogP contribution >= 0.6 is 0 Å². The molecule has 0 aliphatic heterocycles. The first-order valence-corrected chi connectivity index (χ1v) is 7.38. The Morgan fingerprint density at radius 3 is 2.39 bits per heavy atom. The average molecular weight is 319 g/mol. The predicted octanol–water partition coefficient (Wildman–Crippen LogP) is 2.09. The summed E-state index contributed by atoms with van der Waals surface area (Å²) in [6.45, 7) is 4.39. The molecular weight excluding hydrogens is 294 g/mol. The molecule has 126 valence electrons. The molecule has 2 aromatic rings. The third-order valence-corrected chi connectivity index (χ3v) is 3.97. The molecule has 0 saturated carbocycles. The smallest absolute Gasteiger partial charge is 0.290 e. The SMILES string of the molecule is Cc1c(CN(C)C(=O)C(C)N(C)C)[nH]c2ccccc12.O=CO. The minimum Gasteiger partial charge on any atom is -0.483 e. The summed E-state index contributed by atoms with van der Waals surface area (Å²) < 4.78 is 0. The van der Waals surface area contributed by atoms with E-state index in [1.54, 1.807) is 4.90 Å². The van der Waals surface area contributed by atoms with E-state index >= 15 is 0 Å². The number of aromatic nitrogens is 1. The zero-order valence-electron chi connectivity index (χ0n) is 14.3. The van der Waals surface area contributed by atoms with Crippen LogP contribution in [0.1, 0.15) is 18.2 Å². The van der Waals surface area contributed by atoms with Gasteiger partial charge in [-0.1, -0.05) is 18.2 Å². The van der Waals surface area contributed by atoms with Gasteiger partial charge < -0.3 is 15.0 Å². The summed E-state index contributed by atoms with van der Waals surface area (Å²) in [5.41, 5.74) is 3.45. The molecular formula is C17H25N3O3. The van der Waals surface area contributed by atoms with Crippen molar-refractivity contribution in [1.29, 1.82) is 0 Å². The number of fused-ring (bicyclic) bond motifs is 1. The van der Waals surface area contributed by atoms with Gasteiger partial charge in [-0.3, -0.25) is 14.5 Å². The Labute approximate surface area is 136 Å². The number of benzene rings is 1. The Bertz CT molecular complexity index is 664. The van der Waals surface area contributed by atoms with E-state index in [0.717, 1.165) is 11.2 Å². The van der Waals surface area contributed by atoms with Crippen LogP contribution in [-0.4, -0.2) is 59.5 Å². The lowest BCUT2D eigenvalue weighted by Crippen LogP contribution is -2.42. The van der Waals surface area contributed by atoms with Crippen molar-refractivity contribution in [2.45, 2.75) is 26.4 Å². The summed E-state index contributed by atoms with van der Waals surface area (Å²) in [4.78, 5) is 27.8. The van der Waals surface area contributed by atoms with Crippen molar-refractivity contribution in [3.63, 3.8) is 0 Å². The number of nitrogens with zero attached hydrogens (tertiary/aromatic N) is 2. The van der Waals surface area contributed by atoms with Crippen LogP contribution in [0.3, 0.4) is 0 Å². The Kier molecular flexibility index (Phi) is 6.78. The van der Waals surface area contributed by atoms with Gasteiger partial charge in [0.25, 0.3) is 6.47 Å². The molecule has 1 unspecified atom stereocenters. The number of hydrogen-bond donors (Lipinski definition) is 2. The van der Waals surface area contributed by atoms with Gasteiger partial charge in [0.15, 0.2) is 0 Å². The van der Waals surface area contributed by atoms with Gasteiger partial charge >= 0.3 is 0 Å². The Morgan fingerprint density at radius 1 is 1.30 bits per heavy atom. The first-order chi connectivity index (χ1) is 10.8. The van der Waals surface area contributed by atoms with Gasteiger partial charge in [-0.25, -0.2) is 0 Å². The Balaban J connectivity index is 0.000000816. The standard InChI is InChI=1S/C16H23N3O.CH2O2/c1-11-13-8-6-7-9-14(13)17-15(11)10-19(5)16(20)12(2)18(3)4;2-1-3/h6-9,12,17H,10H2,1-5H3;1H,(H,2,3). The molecule has 1 atom stereocenters. The number of amides is 1. The van der Waals surface area contributed by atoms with Gasteiger partial charge in [-0.05, 0) is 39.6 Å². The molecule has 23 heavy (non-hydrogen) atoms. The first kappa shape index (κ1) is 18.7. The number of aromatic amines is 1. The van der Waals surface area contributed by atoms with Crippen LogP contribution in [0, 0.1) is 6.92 Å². The number of carboxylic acid groups (broad SMARTS) is 1. The fraction of sp³-hybridized carbons (Fsp3) is 0.412. The molecule has 0 aliphatic rings. The molecule has 1 aromatic heterocycles. The molecule has 0 radical (unpaired) electrons. The van der Waals surface area contributed by atoms with Gasteiger partial charge in [0.05, 0.1) is 12.6 Å². The Hall–Kier alpha value is -2.34. The third-order valence-electron chi connectivity index (χ3n) is 3.97. The number of carbonyl (C=O) groups is 2. The second kappa shape index (κ2) is 8.33. The number of carbonyl (C=O) groups excluding carboxylic acids is 1. The van der Waals surface area contributed by atoms with Gasteiger partial charge in [-0.15, -0.1) is 0 Å². The molecule has 1 heterocycles. The molecule has 0 spiro atoms. The van der Waals surface area contributed by atoms with Crippen LogP contribution in [-0.2, 0) is 16.1 Å². The molecule has 0 aliphatic carbocycles. The summed E-state index contributed by atoms with van der Waals surface area (Å²) in [5.74, 6) is 0.132. The van der Waals surface area contributed by atoms with Crippen molar-refractivity contribution in [1.82, 2.24) is 14.8 Å². The predicted molar refractivity (Wildman–Crippen MR) is 91.4 cm³/mol. The maximum absolute atomic E-state index is 12.3. The minimum atomic E-state index is -0.250. The van der Waals surface area contributed by atoms with Crippen LogP contribution in [0.15, 0.2) is 24.3 Å². The van der Waals surface area contributed by atoms with Crippen LogP contribution < -0.4 is 0 Å². The summed E-state index contributed by atoms with van der Waals surface area (Å²) in [5, 5.41) is 8.11. The van der Waals surface area contributed by atoms with Gasteiger partial charge in [0.2, 0.25) is 5.91 Å². The highest BCUT2D eigenvalue weighted by molar-refractivity contribution is 5.85. The van der Waals surface area contributed by atoms with E-state index in [0.29, 0.717) is 6.54 Å². The van der Waals surface area contributed by atoms with Crippen molar-refractivity contribution in [3.8, 4) is 0 Å². The molecule has 6 heteroatoms. The molecule has 0 saturated heterocycles. The summed E-state index contributed by atoms with van der Waals surface area (Å²) in [6.07, 6.45) is 0. The van der Waals surface area contributed by atoms with E-state index in [1.807, 2.05) is 45.1 Å². The molecule has 2 rings (SSSR count). The van der Waals surface area contributed by atoms with E-state index in [-0.39, 0.29) is 18.4 Å². The molecule has 1 amide bonds. The largest absolute Gasteiger partial charge is 0.483 e. The van der Waals surface area contributed by atoms with E-state index in [4.69, 9.17) is 9.90 Å². The highest BCUT2D eigenvalue weighted by Crippen LogP contribution is 2.22. The second-order valence-electron chi connectivity index (χ2n) is 5.71. The molecule has 6 nitrogen and oxygen atoms in total. The van der Waals surface area contributed by atoms with Crippen molar-refractivity contribution >= 4 is 23.3 Å². The van der Waals surface area contributed by atoms with Gasteiger partial charge in [-0.2, -0.15) is 0 Å². The lowest BCUT2D eigenvalue weighted by atomic mass is 10.1. The maximum Gasteiger partial charge on any atom is 0.290 e. The zero-order valence-corrected chi connectivity index (χ0v) is 14.3. The third kappa shape index (κ3) is 4.56. The summed E-state index contributed by atoms with van der Waals surface area (Å²) >= 11 is 0. The number of para-hydroxylation sites is 1. The van der Waals surface area contributed by atoms with Crippen molar-refractivity contribution in [3.05, 3.63) is 35.5 Å². The number of nitrogens with one attached hydrogen (secondary N) is 1. The molecule has 0 fully saturated rings. The monoisotopic (exact) mass is 319 g/mol. The zero-order chi connectivity index (χ0) is 17.6. The Morgan fingerprint density at radius 2 is 1.87 bits per heavy atom. The number of likely N-dealkylation sites (N-methyl/N-ethyl adjacent to an activating group) is 2. The highest BCUT2D eigenvalue weighted by atomic mass is 16.3. The lowest BCUT2D eigenvalue weighted by Gasteiger charge is -2.25. The second-order valence-corrected chi connectivity index (χ2v) is 5.71. The number of aryl methyl sites for hydroxylation is 1. The van der Waals surface area contributed by atoms with Gasteiger partial charge in [0, 0.05) is 23.6 Å². The van der Waals surface area contributed by atoms with Crippen molar-refractivity contribution < 1.29 is 14.7 Å². The summed E-state index contributed by atoms with van der Waals surface area (Å²) in [6, 6.07) is 8.12. The number of hydrogen-bond acceptors (Lipinski definition) is 3. The van der Waals surface area contributed by atoms with Crippen molar-refractivity contribution in [2.24, 2.45) is 0 Å². The summed E-state index contributed by atoms with van der Waals surface area (Å²) in [7, 11) is 5.70. The van der Waals surface area contributed by atoms with Crippen LogP contribution in [0.25, 0.3) is 10.9 Å². The van der Waals surface area contributed by atoms with E-state index < -0.39 is 0 Å². The molecule has 1 aromatic carbocycles. The minimum absolute atomic E-state index is 0.107. The van der Waals surface area contributed by atoms with E-state index in [2.05, 4.69) is 24.0 Å². The van der Waals surface area contributed by atoms with E-state index in [1.165, 1.54) is 10.9 Å². The average Bonchev–Trinajstić information content (AvgIpc) is 2.83. The van der Waals surface area contributed by atoms with Crippen LogP contribution in [0.5, 0.6) is 0 Å². The van der Waals surface area contributed by atoms with E-state index in [9.17, 15) is 4.79 Å². The number of rotatable bonds is 4. The number of H-pyrrole nitrogens is 1. The normalized spacial score (nSPS) is 11.7. The van der Waals surface area contributed by atoms with Gasteiger partial charge in [0.1, 0.15) is 0 Å². The molecule has 0 bridgehead atoms. The van der Waals surface area contributed by atoms with Crippen LogP contribution in [0.2, 0.25) is 0 Å². The maximum atomic E-state index is 12.3. The fourth-order valence-corrected chi connectivity index (χ4v) is 2.35. The van der Waals surface area contributed by atoms with Crippen LogP contribution in [0.4, 0.5) is 0 Å². The van der Waals surface area contributed by atoms with Crippen molar-refractivity contribution in [2.75, 3.05) is 21.1 Å².